The number of anilines is 1. The van der Waals surface area contributed by atoms with Gasteiger partial charge in [0.15, 0.2) is 0 Å². The van der Waals surface area contributed by atoms with Crippen molar-refractivity contribution in [3.05, 3.63) is 29.6 Å². The topological polar surface area (TPSA) is 50.7 Å². The number of halogens is 2. The Kier molecular flexibility index (Phi) is 4.90. The minimum Gasteiger partial charge on any atom is -0.297 e. The van der Waals surface area contributed by atoms with E-state index in [4.69, 9.17) is 11.6 Å². The second-order valence-electron chi connectivity index (χ2n) is 3.28. The SMILES string of the molecule is CC/C(Cl)=N/OC(=O)Nc1cc(F)ccc1C. The van der Waals surface area contributed by atoms with Crippen molar-refractivity contribution in [2.75, 3.05) is 5.32 Å². The van der Waals surface area contributed by atoms with Crippen LogP contribution in [0.3, 0.4) is 0 Å². The summed E-state index contributed by atoms with van der Waals surface area (Å²) in [6.45, 7) is 3.50. The molecule has 0 saturated carbocycles. The number of nitrogens with one attached hydrogen (secondary N) is 1. The van der Waals surface area contributed by atoms with E-state index < -0.39 is 11.9 Å². The van der Waals surface area contributed by atoms with Crippen LogP contribution in [0.15, 0.2) is 23.4 Å². The van der Waals surface area contributed by atoms with Crippen LogP contribution in [0.1, 0.15) is 18.9 Å². The van der Waals surface area contributed by atoms with Crippen LogP contribution in [0.4, 0.5) is 14.9 Å². The number of oxime groups is 1. The standard InChI is InChI=1S/C11H12ClFN2O2/c1-3-10(12)15-17-11(16)14-9-6-8(13)5-4-7(9)2/h4-6H,3H2,1-2H3,(H,14,16)/b15-10-. The molecule has 0 saturated heterocycles. The second-order valence-corrected chi connectivity index (χ2v) is 3.72. The van der Waals surface area contributed by atoms with Crippen LogP contribution in [0.5, 0.6) is 0 Å². The molecule has 0 unspecified atom stereocenters. The van der Waals surface area contributed by atoms with Gasteiger partial charge in [0.2, 0.25) is 0 Å². The zero-order valence-electron chi connectivity index (χ0n) is 9.46. The van der Waals surface area contributed by atoms with E-state index in [0.717, 1.165) is 0 Å². The summed E-state index contributed by atoms with van der Waals surface area (Å²) < 4.78 is 12.9. The lowest BCUT2D eigenvalue weighted by Gasteiger charge is -2.06. The molecule has 17 heavy (non-hydrogen) atoms. The fourth-order valence-electron chi connectivity index (χ4n) is 1.02. The van der Waals surface area contributed by atoms with Gasteiger partial charge in [-0.25, -0.2) is 9.18 Å². The molecule has 1 amide bonds. The van der Waals surface area contributed by atoms with Gasteiger partial charge in [-0.1, -0.05) is 29.7 Å². The van der Waals surface area contributed by atoms with Crippen LogP contribution >= 0.6 is 11.6 Å². The average Bonchev–Trinajstić information content (AvgIpc) is 2.30. The minimum absolute atomic E-state index is 0.177. The van der Waals surface area contributed by atoms with Gasteiger partial charge in [-0.3, -0.25) is 10.2 Å². The van der Waals surface area contributed by atoms with Crippen LogP contribution in [0.25, 0.3) is 0 Å². The van der Waals surface area contributed by atoms with Crippen molar-refractivity contribution in [2.24, 2.45) is 5.16 Å². The number of carbonyl (C=O) groups is 1. The van der Waals surface area contributed by atoms with E-state index in [1.165, 1.54) is 12.1 Å². The van der Waals surface area contributed by atoms with Crippen molar-refractivity contribution in [3.63, 3.8) is 0 Å². The Bertz CT molecular complexity index is 449. The number of aryl methyl sites for hydroxylation is 1. The molecule has 1 aromatic rings. The van der Waals surface area contributed by atoms with Crippen molar-refractivity contribution in [1.82, 2.24) is 0 Å². The lowest BCUT2D eigenvalue weighted by molar-refractivity contribution is 0.166. The van der Waals surface area contributed by atoms with Gasteiger partial charge in [-0.15, -0.1) is 0 Å². The molecular formula is C11H12ClFN2O2. The number of benzene rings is 1. The van der Waals surface area contributed by atoms with Crippen molar-refractivity contribution in [3.8, 4) is 0 Å². The smallest absolute Gasteiger partial charge is 0.297 e. The summed E-state index contributed by atoms with van der Waals surface area (Å²) in [5.74, 6) is -0.444. The van der Waals surface area contributed by atoms with Gasteiger partial charge in [0.05, 0.1) is 0 Å². The highest BCUT2D eigenvalue weighted by Crippen LogP contribution is 2.16. The third-order valence-electron chi connectivity index (χ3n) is 1.96. The van der Waals surface area contributed by atoms with Crippen LogP contribution in [-0.4, -0.2) is 11.3 Å². The molecule has 1 rings (SSSR count). The molecule has 0 radical (unpaired) electrons. The molecule has 1 N–H and O–H groups in total. The summed E-state index contributed by atoms with van der Waals surface area (Å²) in [6.07, 6.45) is -0.348. The lowest BCUT2D eigenvalue weighted by atomic mass is 10.2. The van der Waals surface area contributed by atoms with E-state index in [-0.39, 0.29) is 5.17 Å². The number of hydrogen-bond acceptors (Lipinski definition) is 3. The number of amides is 1. The number of hydrogen-bond donors (Lipinski definition) is 1. The Labute approximate surface area is 103 Å². The Hall–Kier alpha value is -1.62. The van der Waals surface area contributed by atoms with E-state index >= 15 is 0 Å². The number of rotatable bonds is 3. The molecule has 4 nitrogen and oxygen atoms in total. The zero-order valence-corrected chi connectivity index (χ0v) is 10.2. The molecule has 0 aliphatic rings. The molecular weight excluding hydrogens is 247 g/mol. The van der Waals surface area contributed by atoms with Crippen LogP contribution < -0.4 is 5.32 Å². The first kappa shape index (κ1) is 13.4. The first-order valence-corrected chi connectivity index (χ1v) is 5.37. The summed E-state index contributed by atoms with van der Waals surface area (Å²) in [4.78, 5) is 15.8. The quantitative estimate of drug-likeness (QED) is 0.511. The molecule has 0 atom stereocenters. The number of carbonyl (C=O) groups excluding carboxylic acids is 1. The Morgan fingerprint density at radius 1 is 1.59 bits per heavy atom. The predicted molar refractivity (Wildman–Crippen MR) is 64.8 cm³/mol. The Morgan fingerprint density at radius 3 is 2.94 bits per heavy atom. The fraction of sp³-hybridized carbons (Fsp3) is 0.273. The van der Waals surface area contributed by atoms with E-state index in [2.05, 4.69) is 15.3 Å². The Balaban J connectivity index is 2.65. The average molecular weight is 259 g/mol. The molecule has 0 aliphatic carbocycles. The molecule has 0 aromatic heterocycles. The molecule has 6 heteroatoms. The molecule has 0 heterocycles. The van der Waals surface area contributed by atoms with Crippen molar-refractivity contribution >= 4 is 28.6 Å². The van der Waals surface area contributed by atoms with E-state index in [0.29, 0.717) is 17.7 Å². The fourth-order valence-corrected chi connectivity index (χ4v) is 1.05. The van der Waals surface area contributed by atoms with Gasteiger partial charge >= 0.3 is 6.09 Å². The van der Waals surface area contributed by atoms with Crippen molar-refractivity contribution in [2.45, 2.75) is 20.3 Å². The summed E-state index contributed by atoms with van der Waals surface area (Å²) in [6, 6.07) is 4.05. The first-order chi connectivity index (χ1) is 8.02. The highest BCUT2D eigenvalue weighted by molar-refractivity contribution is 6.65. The third kappa shape index (κ3) is 4.40. The van der Waals surface area contributed by atoms with Gasteiger partial charge in [0, 0.05) is 12.1 Å². The van der Waals surface area contributed by atoms with Gasteiger partial charge < -0.3 is 0 Å². The molecule has 0 spiro atoms. The summed E-state index contributed by atoms with van der Waals surface area (Å²) in [5.41, 5.74) is 1.05. The summed E-state index contributed by atoms with van der Waals surface area (Å²) in [7, 11) is 0. The lowest BCUT2D eigenvalue weighted by Crippen LogP contribution is -2.12. The summed E-state index contributed by atoms with van der Waals surface area (Å²) in [5, 5.41) is 5.91. The van der Waals surface area contributed by atoms with E-state index in [1.54, 1.807) is 19.9 Å². The second kappa shape index (κ2) is 6.20. The first-order valence-electron chi connectivity index (χ1n) is 4.99. The van der Waals surface area contributed by atoms with Crippen LogP contribution in [0.2, 0.25) is 0 Å². The largest absolute Gasteiger partial charge is 0.437 e. The highest BCUT2D eigenvalue weighted by Gasteiger charge is 2.06. The molecule has 1 aromatic carbocycles. The van der Waals surface area contributed by atoms with E-state index in [1.807, 2.05) is 0 Å². The predicted octanol–water partition coefficient (Wildman–Crippen LogP) is 3.64. The minimum atomic E-state index is -0.815. The zero-order chi connectivity index (χ0) is 12.8. The van der Waals surface area contributed by atoms with Gasteiger partial charge in [-0.05, 0) is 24.6 Å². The summed E-state index contributed by atoms with van der Waals surface area (Å²) >= 11 is 5.55. The Morgan fingerprint density at radius 2 is 2.29 bits per heavy atom. The maximum atomic E-state index is 12.9. The normalized spacial score (nSPS) is 11.2. The maximum Gasteiger partial charge on any atom is 0.437 e. The molecule has 92 valence electrons. The van der Waals surface area contributed by atoms with Crippen molar-refractivity contribution in [1.29, 1.82) is 0 Å². The van der Waals surface area contributed by atoms with Crippen LogP contribution in [0, 0.1) is 12.7 Å². The number of nitrogens with zero attached hydrogens (tertiary/aromatic N) is 1. The monoisotopic (exact) mass is 258 g/mol. The van der Waals surface area contributed by atoms with Gasteiger partial charge in [0.25, 0.3) is 0 Å². The van der Waals surface area contributed by atoms with Crippen molar-refractivity contribution < 1.29 is 14.0 Å². The molecule has 0 aliphatic heterocycles. The van der Waals surface area contributed by atoms with Gasteiger partial charge in [0.1, 0.15) is 11.0 Å². The van der Waals surface area contributed by atoms with Gasteiger partial charge in [-0.2, -0.15) is 0 Å². The van der Waals surface area contributed by atoms with E-state index in [9.17, 15) is 9.18 Å². The molecule has 0 fully saturated rings. The molecule has 0 bridgehead atoms. The van der Waals surface area contributed by atoms with Crippen LogP contribution in [-0.2, 0) is 4.84 Å². The third-order valence-corrected chi connectivity index (χ3v) is 2.29. The highest BCUT2D eigenvalue weighted by atomic mass is 35.5. The maximum absolute atomic E-state index is 12.9.